The zero-order valence-electron chi connectivity index (χ0n) is 11.1. The van der Waals surface area contributed by atoms with Crippen molar-refractivity contribution in [1.82, 2.24) is 5.32 Å². The molecule has 96 valence electrons. The van der Waals surface area contributed by atoms with E-state index in [4.69, 9.17) is 6.42 Å². The Bertz CT molecular complexity index is 402. The topological polar surface area (TPSA) is 12.0 Å². The van der Waals surface area contributed by atoms with Crippen LogP contribution in [0.2, 0.25) is 0 Å². The number of terminal acetylenes is 1. The van der Waals surface area contributed by atoms with E-state index >= 15 is 0 Å². The first-order chi connectivity index (χ1) is 8.92. The molecule has 0 amide bonds. The Morgan fingerprint density at radius 3 is 3.06 bits per heavy atom. The molecule has 0 saturated carbocycles. The van der Waals surface area contributed by atoms with Gasteiger partial charge < -0.3 is 5.32 Å². The number of fused-ring (bicyclic) bond motifs is 1. The lowest BCUT2D eigenvalue weighted by atomic mass is 9.83. The summed E-state index contributed by atoms with van der Waals surface area (Å²) in [7, 11) is 0. The Morgan fingerprint density at radius 1 is 1.28 bits per heavy atom. The third-order valence-electron chi connectivity index (χ3n) is 3.81. The standard InChI is InChI=1S/C17H23N/c1-2-3-4-7-13-18-14-16-11-8-10-15-9-5-6-12-17(15)16/h1,5-6,9,12,16,18H,3-4,7-8,10-11,13-14H2. The Labute approximate surface area is 111 Å². The van der Waals surface area contributed by atoms with Crippen LogP contribution in [0.3, 0.4) is 0 Å². The zero-order valence-corrected chi connectivity index (χ0v) is 11.1. The lowest BCUT2D eigenvalue weighted by Gasteiger charge is -2.25. The van der Waals surface area contributed by atoms with Gasteiger partial charge in [0.25, 0.3) is 0 Å². The van der Waals surface area contributed by atoms with Crippen molar-refractivity contribution < 1.29 is 0 Å². The van der Waals surface area contributed by atoms with Gasteiger partial charge in [0, 0.05) is 13.0 Å². The Balaban J connectivity index is 1.76. The van der Waals surface area contributed by atoms with Gasteiger partial charge in [-0.2, -0.15) is 0 Å². The summed E-state index contributed by atoms with van der Waals surface area (Å²) < 4.78 is 0. The first-order valence-electron chi connectivity index (χ1n) is 7.14. The van der Waals surface area contributed by atoms with Crippen molar-refractivity contribution in [3.8, 4) is 12.3 Å². The minimum atomic E-state index is 0.711. The molecule has 1 aliphatic carbocycles. The van der Waals surface area contributed by atoms with Gasteiger partial charge in [-0.25, -0.2) is 0 Å². The third-order valence-corrected chi connectivity index (χ3v) is 3.81. The largest absolute Gasteiger partial charge is 0.316 e. The van der Waals surface area contributed by atoms with Crippen LogP contribution in [0.1, 0.15) is 49.1 Å². The molecule has 1 N–H and O–H groups in total. The van der Waals surface area contributed by atoms with Crippen molar-refractivity contribution in [3.05, 3.63) is 35.4 Å². The molecule has 1 heteroatoms. The molecule has 1 nitrogen and oxygen atoms in total. The summed E-state index contributed by atoms with van der Waals surface area (Å²) in [5.41, 5.74) is 3.13. The van der Waals surface area contributed by atoms with Crippen LogP contribution in [0.15, 0.2) is 24.3 Å². The Hall–Kier alpha value is -1.26. The molecule has 0 heterocycles. The fourth-order valence-electron chi connectivity index (χ4n) is 2.82. The van der Waals surface area contributed by atoms with Gasteiger partial charge in [0.1, 0.15) is 0 Å². The van der Waals surface area contributed by atoms with E-state index in [1.807, 2.05) is 0 Å². The Morgan fingerprint density at radius 2 is 2.17 bits per heavy atom. The molecular weight excluding hydrogens is 218 g/mol. The van der Waals surface area contributed by atoms with Gasteiger partial charge in [-0.05, 0) is 55.7 Å². The van der Waals surface area contributed by atoms with E-state index in [1.54, 1.807) is 11.1 Å². The van der Waals surface area contributed by atoms with E-state index in [2.05, 4.69) is 35.5 Å². The van der Waals surface area contributed by atoms with Crippen LogP contribution in [-0.2, 0) is 6.42 Å². The van der Waals surface area contributed by atoms with Crippen molar-refractivity contribution in [1.29, 1.82) is 0 Å². The molecule has 1 unspecified atom stereocenters. The highest BCUT2D eigenvalue weighted by molar-refractivity contribution is 5.32. The summed E-state index contributed by atoms with van der Waals surface area (Å²) in [6.07, 6.45) is 12.4. The lowest BCUT2D eigenvalue weighted by molar-refractivity contribution is 0.501. The van der Waals surface area contributed by atoms with Crippen molar-refractivity contribution in [2.45, 2.75) is 44.4 Å². The molecule has 0 bridgehead atoms. The van der Waals surface area contributed by atoms with Crippen molar-refractivity contribution in [2.75, 3.05) is 13.1 Å². The summed E-state index contributed by atoms with van der Waals surface area (Å²) in [5.74, 6) is 3.40. The second kappa shape index (κ2) is 7.24. The van der Waals surface area contributed by atoms with Gasteiger partial charge >= 0.3 is 0 Å². The normalized spacial score (nSPS) is 18.1. The minimum absolute atomic E-state index is 0.711. The van der Waals surface area contributed by atoms with Crippen molar-refractivity contribution in [3.63, 3.8) is 0 Å². The van der Waals surface area contributed by atoms with Gasteiger partial charge in [-0.15, -0.1) is 12.3 Å². The van der Waals surface area contributed by atoms with Gasteiger partial charge in [0.05, 0.1) is 0 Å². The number of nitrogens with one attached hydrogen (secondary N) is 1. The number of unbranched alkanes of at least 4 members (excludes halogenated alkanes) is 2. The number of hydrogen-bond donors (Lipinski definition) is 1. The second-order valence-corrected chi connectivity index (χ2v) is 5.15. The van der Waals surface area contributed by atoms with Crippen LogP contribution in [0.5, 0.6) is 0 Å². The van der Waals surface area contributed by atoms with Crippen molar-refractivity contribution >= 4 is 0 Å². The third kappa shape index (κ3) is 3.62. The molecule has 18 heavy (non-hydrogen) atoms. The maximum absolute atomic E-state index is 5.24. The monoisotopic (exact) mass is 241 g/mol. The summed E-state index contributed by atoms with van der Waals surface area (Å²) >= 11 is 0. The fourth-order valence-corrected chi connectivity index (χ4v) is 2.82. The van der Waals surface area contributed by atoms with Crippen LogP contribution in [0, 0.1) is 12.3 Å². The maximum atomic E-state index is 5.24. The fraction of sp³-hybridized carbons (Fsp3) is 0.529. The number of benzene rings is 1. The van der Waals surface area contributed by atoms with E-state index in [1.165, 1.54) is 25.7 Å². The quantitative estimate of drug-likeness (QED) is 0.594. The molecule has 0 saturated heterocycles. The Kier molecular flexibility index (Phi) is 5.30. The molecule has 0 spiro atoms. The smallest absolute Gasteiger partial charge is 0.00865 e. The highest BCUT2D eigenvalue weighted by Crippen LogP contribution is 2.30. The first-order valence-corrected chi connectivity index (χ1v) is 7.14. The minimum Gasteiger partial charge on any atom is -0.316 e. The molecule has 0 aromatic heterocycles. The number of rotatable bonds is 6. The van der Waals surface area contributed by atoms with Crippen LogP contribution < -0.4 is 5.32 Å². The van der Waals surface area contributed by atoms with E-state index in [9.17, 15) is 0 Å². The maximum Gasteiger partial charge on any atom is 0.00865 e. The SMILES string of the molecule is C#CCCCCNCC1CCCc2ccccc21. The summed E-state index contributed by atoms with van der Waals surface area (Å²) in [4.78, 5) is 0. The number of aryl methyl sites for hydroxylation is 1. The highest BCUT2D eigenvalue weighted by atomic mass is 14.9. The van der Waals surface area contributed by atoms with Crippen LogP contribution in [-0.4, -0.2) is 13.1 Å². The van der Waals surface area contributed by atoms with Crippen LogP contribution >= 0.6 is 0 Å². The van der Waals surface area contributed by atoms with E-state index in [0.717, 1.165) is 25.9 Å². The predicted molar refractivity (Wildman–Crippen MR) is 77.7 cm³/mol. The molecule has 2 rings (SSSR count). The molecule has 1 aromatic carbocycles. The molecule has 0 fully saturated rings. The van der Waals surface area contributed by atoms with Crippen LogP contribution in [0.25, 0.3) is 0 Å². The van der Waals surface area contributed by atoms with E-state index in [-0.39, 0.29) is 0 Å². The van der Waals surface area contributed by atoms with Gasteiger partial charge in [0.2, 0.25) is 0 Å². The van der Waals surface area contributed by atoms with Crippen molar-refractivity contribution in [2.24, 2.45) is 0 Å². The lowest BCUT2D eigenvalue weighted by Crippen LogP contribution is -2.25. The zero-order chi connectivity index (χ0) is 12.6. The van der Waals surface area contributed by atoms with Gasteiger partial charge in [0.15, 0.2) is 0 Å². The molecular formula is C17H23N. The highest BCUT2D eigenvalue weighted by Gasteiger charge is 2.18. The van der Waals surface area contributed by atoms with E-state index in [0.29, 0.717) is 5.92 Å². The summed E-state index contributed by atoms with van der Waals surface area (Å²) in [5, 5.41) is 3.59. The van der Waals surface area contributed by atoms with Gasteiger partial charge in [-0.3, -0.25) is 0 Å². The first kappa shape index (κ1) is 13.2. The molecule has 1 atom stereocenters. The average Bonchev–Trinajstić information content (AvgIpc) is 2.43. The van der Waals surface area contributed by atoms with E-state index < -0.39 is 0 Å². The molecule has 0 radical (unpaired) electrons. The second-order valence-electron chi connectivity index (χ2n) is 5.15. The predicted octanol–water partition coefficient (Wildman–Crippen LogP) is 3.50. The summed E-state index contributed by atoms with van der Waals surface area (Å²) in [6.45, 7) is 2.22. The molecule has 1 aliphatic rings. The molecule has 0 aliphatic heterocycles. The van der Waals surface area contributed by atoms with Crippen LogP contribution in [0.4, 0.5) is 0 Å². The summed E-state index contributed by atoms with van der Waals surface area (Å²) in [6, 6.07) is 8.92. The van der Waals surface area contributed by atoms with Gasteiger partial charge in [-0.1, -0.05) is 24.3 Å². The molecule has 1 aromatic rings. The average molecular weight is 241 g/mol. The number of hydrogen-bond acceptors (Lipinski definition) is 1.